The predicted octanol–water partition coefficient (Wildman–Crippen LogP) is 3.34. The number of carbonyl (C=O) groups is 1. The lowest BCUT2D eigenvalue weighted by atomic mass is 10.1. The quantitative estimate of drug-likeness (QED) is 0.769. The van der Waals surface area contributed by atoms with Crippen molar-refractivity contribution in [3.05, 3.63) is 71.0 Å². The van der Waals surface area contributed by atoms with Gasteiger partial charge in [0.25, 0.3) is 5.91 Å². The number of H-pyrrole nitrogens is 1. The zero-order valence-corrected chi connectivity index (χ0v) is 14.7. The summed E-state index contributed by atoms with van der Waals surface area (Å²) in [6, 6.07) is 14.9. The first kappa shape index (κ1) is 16.8. The Morgan fingerprint density at radius 1 is 1.23 bits per heavy atom. The van der Waals surface area contributed by atoms with Gasteiger partial charge in [0.15, 0.2) is 5.82 Å². The van der Waals surface area contributed by atoms with Crippen LogP contribution < -0.4 is 0 Å². The van der Waals surface area contributed by atoms with E-state index in [4.69, 9.17) is 16.3 Å². The van der Waals surface area contributed by atoms with Gasteiger partial charge in [-0.3, -0.25) is 9.89 Å². The summed E-state index contributed by atoms with van der Waals surface area (Å²) in [6.07, 6.45) is 1.30. The van der Waals surface area contributed by atoms with Crippen LogP contribution in [0.5, 0.6) is 0 Å². The lowest BCUT2D eigenvalue weighted by Crippen LogP contribution is -2.42. The van der Waals surface area contributed by atoms with E-state index in [1.54, 1.807) is 0 Å². The fourth-order valence-corrected chi connectivity index (χ4v) is 3.17. The van der Waals surface area contributed by atoms with Crippen LogP contribution in [-0.4, -0.2) is 45.7 Å². The van der Waals surface area contributed by atoms with Gasteiger partial charge in [-0.15, -0.1) is 0 Å². The molecule has 0 unspecified atom stereocenters. The standard InChI is InChI=1S/C19H17ClN4O2/c20-16-6-4-13(5-7-16)17-11-24(8-9-26-17)19(25)15-3-1-2-14(10-15)18-21-12-22-23-18/h1-7,10,12,17H,8-9,11H2,(H,21,22,23)/t17-/m0/s1. The van der Waals surface area contributed by atoms with E-state index in [0.29, 0.717) is 36.1 Å². The summed E-state index contributed by atoms with van der Waals surface area (Å²) in [5, 5.41) is 7.35. The number of ether oxygens (including phenoxy) is 1. The molecule has 1 aromatic heterocycles. The SMILES string of the molecule is O=C(c1cccc(-c2ncn[nH]2)c1)N1CCO[C@H](c2ccc(Cl)cc2)C1. The molecule has 2 heterocycles. The monoisotopic (exact) mass is 368 g/mol. The van der Waals surface area contributed by atoms with Gasteiger partial charge >= 0.3 is 0 Å². The lowest BCUT2D eigenvalue weighted by molar-refractivity contribution is -0.0228. The van der Waals surface area contributed by atoms with Crippen molar-refractivity contribution in [2.45, 2.75) is 6.10 Å². The highest BCUT2D eigenvalue weighted by Crippen LogP contribution is 2.25. The molecule has 1 aliphatic rings. The Hall–Kier alpha value is -2.70. The maximum absolute atomic E-state index is 13.0. The maximum atomic E-state index is 13.0. The number of aromatic amines is 1. The normalized spacial score (nSPS) is 17.3. The van der Waals surface area contributed by atoms with Crippen LogP contribution >= 0.6 is 11.6 Å². The van der Waals surface area contributed by atoms with Gasteiger partial charge in [-0.25, -0.2) is 4.98 Å². The summed E-state index contributed by atoms with van der Waals surface area (Å²) < 4.78 is 5.84. The summed E-state index contributed by atoms with van der Waals surface area (Å²) in [7, 11) is 0. The number of hydrogen-bond donors (Lipinski definition) is 1. The molecule has 1 saturated heterocycles. The number of aromatic nitrogens is 3. The number of rotatable bonds is 3. The number of nitrogens with one attached hydrogen (secondary N) is 1. The van der Waals surface area contributed by atoms with Gasteiger partial charge in [-0.2, -0.15) is 5.10 Å². The molecule has 4 rings (SSSR count). The van der Waals surface area contributed by atoms with Crippen molar-refractivity contribution in [3.8, 4) is 11.4 Å². The molecule has 0 spiro atoms. The second kappa shape index (κ2) is 7.27. The Balaban J connectivity index is 1.52. The Morgan fingerprint density at radius 3 is 2.85 bits per heavy atom. The summed E-state index contributed by atoms with van der Waals surface area (Å²) in [4.78, 5) is 18.9. The molecule has 2 aromatic carbocycles. The van der Waals surface area contributed by atoms with Crippen LogP contribution in [0.2, 0.25) is 5.02 Å². The Kier molecular flexibility index (Phi) is 4.69. The van der Waals surface area contributed by atoms with Crippen LogP contribution in [-0.2, 0) is 4.74 Å². The van der Waals surface area contributed by atoms with Crippen LogP contribution in [0.25, 0.3) is 11.4 Å². The molecule has 7 heteroatoms. The van der Waals surface area contributed by atoms with Crippen molar-refractivity contribution in [2.24, 2.45) is 0 Å². The number of halogens is 1. The fraction of sp³-hybridized carbons (Fsp3) is 0.211. The van der Waals surface area contributed by atoms with E-state index in [1.807, 2.05) is 53.4 Å². The van der Waals surface area contributed by atoms with Crippen LogP contribution in [0, 0.1) is 0 Å². The van der Waals surface area contributed by atoms with E-state index in [1.165, 1.54) is 6.33 Å². The van der Waals surface area contributed by atoms with Gasteiger partial charge in [-0.1, -0.05) is 35.9 Å². The zero-order chi connectivity index (χ0) is 17.9. The van der Waals surface area contributed by atoms with Crippen molar-refractivity contribution >= 4 is 17.5 Å². The Bertz CT molecular complexity index is 896. The number of hydrogen-bond acceptors (Lipinski definition) is 4. The highest BCUT2D eigenvalue weighted by Gasteiger charge is 2.26. The highest BCUT2D eigenvalue weighted by atomic mass is 35.5. The lowest BCUT2D eigenvalue weighted by Gasteiger charge is -2.33. The highest BCUT2D eigenvalue weighted by molar-refractivity contribution is 6.30. The number of amides is 1. The van der Waals surface area contributed by atoms with Crippen molar-refractivity contribution in [2.75, 3.05) is 19.7 Å². The molecule has 3 aromatic rings. The number of benzene rings is 2. The van der Waals surface area contributed by atoms with Gasteiger partial charge in [0, 0.05) is 22.7 Å². The second-order valence-corrected chi connectivity index (χ2v) is 6.51. The first-order valence-electron chi connectivity index (χ1n) is 8.33. The van der Waals surface area contributed by atoms with E-state index < -0.39 is 0 Å². The summed E-state index contributed by atoms with van der Waals surface area (Å²) in [5.41, 5.74) is 2.47. The van der Waals surface area contributed by atoms with Gasteiger partial charge in [-0.05, 0) is 29.8 Å². The van der Waals surface area contributed by atoms with Crippen molar-refractivity contribution in [1.82, 2.24) is 20.1 Å². The zero-order valence-electron chi connectivity index (χ0n) is 13.9. The molecule has 0 saturated carbocycles. The molecule has 0 radical (unpaired) electrons. The average molecular weight is 369 g/mol. The van der Waals surface area contributed by atoms with E-state index >= 15 is 0 Å². The first-order chi connectivity index (χ1) is 12.7. The summed E-state index contributed by atoms with van der Waals surface area (Å²) in [6.45, 7) is 1.57. The molecule has 26 heavy (non-hydrogen) atoms. The van der Waals surface area contributed by atoms with Crippen LogP contribution in [0.4, 0.5) is 0 Å². The van der Waals surface area contributed by atoms with E-state index in [-0.39, 0.29) is 12.0 Å². The molecule has 0 bridgehead atoms. The van der Waals surface area contributed by atoms with Crippen LogP contribution in [0.1, 0.15) is 22.0 Å². The topological polar surface area (TPSA) is 71.1 Å². The predicted molar refractivity (Wildman–Crippen MR) is 97.9 cm³/mol. The minimum Gasteiger partial charge on any atom is -0.370 e. The van der Waals surface area contributed by atoms with Crippen molar-refractivity contribution < 1.29 is 9.53 Å². The molecular formula is C19H17ClN4O2. The van der Waals surface area contributed by atoms with Crippen molar-refractivity contribution in [3.63, 3.8) is 0 Å². The molecule has 1 amide bonds. The molecule has 132 valence electrons. The molecule has 1 aliphatic heterocycles. The van der Waals surface area contributed by atoms with E-state index in [9.17, 15) is 4.79 Å². The largest absolute Gasteiger partial charge is 0.370 e. The Labute approximate surface area is 155 Å². The maximum Gasteiger partial charge on any atom is 0.254 e. The van der Waals surface area contributed by atoms with Gasteiger partial charge in [0.05, 0.1) is 13.2 Å². The third-order valence-electron chi connectivity index (χ3n) is 4.39. The van der Waals surface area contributed by atoms with Gasteiger partial charge in [0.2, 0.25) is 0 Å². The van der Waals surface area contributed by atoms with Crippen molar-refractivity contribution in [1.29, 1.82) is 0 Å². The average Bonchev–Trinajstić information content (AvgIpc) is 3.23. The second-order valence-electron chi connectivity index (χ2n) is 6.08. The molecule has 1 atom stereocenters. The number of nitrogens with zero attached hydrogens (tertiary/aromatic N) is 3. The smallest absolute Gasteiger partial charge is 0.254 e. The fourth-order valence-electron chi connectivity index (χ4n) is 3.04. The number of carbonyl (C=O) groups excluding carboxylic acids is 1. The Morgan fingerprint density at radius 2 is 2.08 bits per heavy atom. The van der Waals surface area contributed by atoms with Crippen LogP contribution in [0.3, 0.4) is 0 Å². The molecule has 1 fully saturated rings. The van der Waals surface area contributed by atoms with Crippen LogP contribution in [0.15, 0.2) is 54.9 Å². The summed E-state index contributed by atoms with van der Waals surface area (Å²) >= 11 is 5.95. The van der Waals surface area contributed by atoms with E-state index in [0.717, 1.165) is 11.1 Å². The minimum atomic E-state index is -0.151. The number of morpholine rings is 1. The molecule has 1 N–H and O–H groups in total. The third-order valence-corrected chi connectivity index (χ3v) is 4.65. The third kappa shape index (κ3) is 3.47. The van der Waals surface area contributed by atoms with E-state index in [2.05, 4.69) is 15.2 Å². The molecular weight excluding hydrogens is 352 g/mol. The van der Waals surface area contributed by atoms with Gasteiger partial charge in [0.1, 0.15) is 12.4 Å². The molecule has 0 aliphatic carbocycles. The summed E-state index contributed by atoms with van der Waals surface area (Å²) in [5.74, 6) is 0.620. The first-order valence-corrected chi connectivity index (χ1v) is 8.70. The molecule has 6 nitrogen and oxygen atoms in total. The van der Waals surface area contributed by atoms with Gasteiger partial charge < -0.3 is 9.64 Å². The minimum absolute atomic E-state index is 0.0198.